The van der Waals surface area contributed by atoms with Crippen LogP contribution in [0, 0.1) is 5.41 Å². The number of benzene rings is 2. The van der Waals surface area contributed by atoms with Crippen molar-refractivity contribution in [3.05, 3.63) is 70.1 Å². The van der Waals surface area contributed by atoms with Crippen molar-refractivity contribution >= 4 is 6.21 Å². The van der Waals surface area contributed by atoms with Crippen molar-refractivity contribution in [2.45, 2.75) is 5.41 Å². The van der Waals surface area contributed by atoms with Gasteiger partial charge in [0, 0.05) is 17.7 Å². The van der Waals surface area contributed by atoms with E-state index in [4.69, 9.17) is 16.8 Å². The standard InChI is InChI=1S/C15H15N5O2/c16-9-15(10-19-20-17,11-1-5-13(21)6-2-11)12-3-7-14(22-18)8-4-12/h1-9,16,21H,10,18H2. The highest BCUT2D eigenvalue weighted by atomic mass is 16.6. The van der Waals surface area contributed by atoms with E-state index in [0.717, 1.165) is 11.1 Å². The minimum atomic E-state index is -0.924. The molecule has 22 heavy (non-hydrogen) atoms. The Morgan fingerprint density at radius 1 is 1.18 bits per heavy atom. The fourth-order valence-electron chi connectivity index (χ4n) is 2.29. The lowest BCUT2D eigenvalue weighted by molar-refractivity contribution is 0.334. The number of azide groups is 1. The molecule has 0 spiro atoms. The molecular formula is C15H15N5O2. The molecule has 0 amide bonds. The molecule has 0 fully saturated rings. The monoisotopic (exact) mass is 297 g/mol. The maximum Gasteiger partial charge on any atom is 0.146 e. The predicted octanol–water partition coefficient (Wildman–Crippen LogP) is 2.89. The molecule has 0 bridgehead atoms. The average Bonchev–Trinajstić information content (AvgIpc) is 2.57. The number of aromatic hydroxyl groups is 1. The smallest absolute Gasteiger partial charge is 0.146 e. The van der Waals surface area contributed by atoms with Crippen molar-refractivity contribution in [3.8, 4) is 11.5 Å². The number of hydrogen-bond donors (Lipinski definition) is 3. The highest BCUT2D eigenvalue weighted by Crippen LogP contribution is 2.33. The van der Waals surface area contributed by atoms with Crippen molar-refractivity contribution in [2.24, 2.45) is 11.0 Å². The van der Waals surface area contributed by atoms with E-state index in [9.17, 15) is 5.11 Å². The summed E-state index contributed by atoms with van der Waals surface area (Å²) in [5.74, 6) is 5.72. The summed E-state index contributed by atoms with van der Waals surface area (Å²) in [5, 5.41) is 21.0. The zero-order valence-corrected chi connectivity index (χ0v) is 11.7. The van der Waals surface area contributed by atoms with Gasteiger partial charge < -0.3 is 15.4 Å². The molecule has 2 rings (SSSR count). The molecule has 0 heterocycles. The van der Waals surface area contributed by atoms with E-state index in [2.05, 4.69) is 14.9 Å². The normalized spacial score (nSPS) is 12.8. The third-order valence-corrected chi connectivity index (χ3v) is 3.52. The third-order valence-electron chi connectivity index (χ3n) is 3.52. The molecule has 112 valence electrons. The number of phenolic OH excluding ortho intramolecular Hbond substituents is 1. The van der Waals surface area contributed by atoms with Gasteiger partial charge in [0.25, 0.3) is 0 Å². The van der Waals surface area contributed by atoms with Crippen LogP contribution in [0.25, 0.3) is 10.4 Å². The Balaban J connectivity index is 2.59. The first-order valence-electron chi connectivity index (χ1n) is 6.45. The van der Waals surface area contributed by atoms with E-state index in [1.807, 2.05) is 0 Å². The lowest BCUT2D eigenvalue weighted by Gasteiger charge is -2.29. The molecule has 2 aromatic rings. The first-order valence-corrected chi connectivity index (χ1v) is 6.45. The summed E-state index contributed by atoms with van der Waals surface area (Å²) in [6.45, 7) is 0.0423. The van der Waals surface area contributed by atoms with Gasteiger partial charge >= 0.3 is 0 Å². The van der Waals surface area contributed by atoms with Crippen LogP contribution in [0.4, 0.5) is 0 Å². The van der Waals surface area contributed by atoms with Crippen molar-refractivity contribution < 1.29 is 9.94 Å². The van der Waals surface area contributed by atoms with Crippen LogP contribution in [0.15, 0.2) is 53.6 Å². The molecule has 0 aliphatic heterocycles. The third kappa shape index (κ3) is 2.85. The van der Waals surface area contributed by atoms with Crippen molar-refractivity contribution in [2.75, 3.05) is 6.54 Å². The van der Waals surface area contributed by atoms with Crippen LogP contribution in [0.1, 0.15) is 11.1 Å². The van der Waals surface area contributed by atoms with E-state index in [1.165, 1.54) is 18.3 Å². The van der Waals surface area contributed by atoms with Crippen molar-refractivity contribution in [1.29, 1.82) is 5.41 Å². The second kappa shape index (κ2) is 6.62. The largest absolute Gasteiger partial charge is 0.508 e. The molecular weight excluding hydrogens is 282 g/mol. The molecule has 0 aliphatic carbocycles. The van der Waals surface area contributed by atoms with Crippen LogP contribution in [0.2, 0.25) is 0 Å². The fraction of sp³-hybridized carbons (Fsp3) is 0.133. The number of hydrogen-bond acceptors (Lipinski definition) is 5. The summed E-state index contributed by atoms with van der Waals surface area (Å²) < 4.78 is 0. The van der Waals surface area contributed by atoms with Crippen LogP contribution < -0.4 is 10.7 Å². The number of phenols is 1. The summed E-state index contributed by atoms with van der Waals surface area (Å²) >= 11 is 0. The van der Waals surface area contributed by atoms with Gasteiger partial charge in [-0.25, -0.2) is 0 Å². The summed E-state index contributed by atoms with van der Waals surface area (Å²) in [5.41, 5.74) is 9.21. The van der Waals surface area contributed by atoms with Crippen LogP contribution >= 0.6 is 0 Å². The summed E-state index contributed by atoms with van der Waals surface area (Å²) in [4.78, 5) is 7.44. The van der Waals surface area contributed by atoms with E-state index < -0.39 is 5.41 Å². The fourth-order valence-corrected chi connectivity index (χ4v) is 2.29. The molecule has 0 radical (unpaired) electrons. The highest BCUT2D eigenvalue weighted by molar-refractivity contribution is 5.77. The lowest BCUT2D eigenvalue weighted by atomic mass is 9.75. The van der Waals surface area contributed by atoms with Gasteiger partial charge in [0.1, 0.15) is 11.5 Å². The number of nitrogens with zero attached hydrogens (tertiary/aromatic N) is 3. The van der Waals surface area contributed by atoms with Gasteiger partial charge in [-0.15, -0.1) is 0 Å². The molecule has 7 nitrogen and oxygen atoms in total. The molecule has 0 aromatic heterocycles. The maximum atomic E-state index is 9.44. The second-order valence-electron chi connectivity index (χ2n) is 4.69. The van der Waals surface area contributed by atoms with E-state index in [-0.39, 0.29) is 12.3 Å². The maximum absolute atomic E-state index is 9.44. The van der Waals surface area contributed by atoms with Crippen LogP contribution in [0.3, 0.4) is 0 Å². The zero-order valence-electron chi connectivity index (χ0n) is 11.7. The topological polar surface area (TPSA) is 128 Å². The SMILES string of the molecule is [N-]=[N+]=NCC(C=N)(c1ccc(O)cc1)c1ccc(ON)cc1. The van der Waals surface area contributed by atoms with Gasteiger partial charge in [0.15, 0.2) is 0 Å². The quantitative estimate of drug-likeness (QED) is 0.249. The first kappa shape index (κ1) is 15.4. The van der Waals surface area contributed by atoms with E-state index >= 15 is 0 Å². The molecule has 1 atom stereocenters. The summed E-state index contributed by atoms with van der Waals surface area (Å²) in [6.07, 6.45) is 1.23. The summed E-state index contributed by atoms with van der Waals surface area (Å²) in [7, 11) is 0. The second-order valence-corrected chi connectivity index (χ2v) is 4.69. The van der Waals surface area contributed by atoms with Crippen molar-refractivity contribution in [1.82, 2.24) is 0 Å². The highest BCUT2D eigenvalue weighted by Gasteiger charge is 2.31. The Labute approximate surface area is 127 Å². The summed E-state index contributed by atoms with van der Waals surface area (Å²) in [6, 6.07) is 13.3. The zero-order chi connectivity index (χ0) is 16.0. The predicted molar refractivity (Wildman–Crippen MR) is 82.9 cm³/mol. The first-order chi connectivity index (χ1) is 10.7. The minimum Gasteiger partial charge on any atom is -0.508 e. The molecule has 7 heteroatoms. The number of nitrogens with one attached hydrogen (secondary N) is 1. The molecule has 0 saturated carbocycles. The van der Waals surface area contributed by atoms with E-state index in [1.54, 1.807) is 36.4 Å². The van der Waals surface area contributed by atoms with Crippen molar-refractivity contribution in [3.63, 3.8) is 0 Å². The van der Waals surface area contributed by atoms with Gasteiger partial charge in [0.2, 0.25) is 0 Å². The minimum absolute atomic E-state index is 0.0423. The molecule has 0 saturated heterocycles. The van der Waals surface area contributed by atoms with Gasteiger partial charge in [-0.3, -0.25) is 0 Å². The molecule has 2 aromatic carbocycles. The molecule has 4 N–H and O–H groups in total. The Hall–Kier alpha value is -3.02. The van der Waals surface area contributed by atoms with Crippen LogP contribution in [0.5, 0.6) is 11.5 Å². The van der Waals surface area contributed by atoms with Crippen LogP contribution in [-0.4, -0.2) is 17.9 Å². The lowest BCUT2D eigenvalue weighted by Crippen LogP contribution is -2.32. The number of rotatable bonds is 6. The molecule has 1 unspecified atom stereocenters. The average molecular weight is 297 g/mol. The van der Waals surface area contributed by atoms with Crippen LogP contribution in [-0.2, 0) is 5.41 Å². The Morgan fingerprint density at radius 2 is 1.73 bits per heavy atom. The molecule has 0 aliphatic rings. The number of nitrogens with two attached hydrogens (primary N) is 1. The van der Waals surface area contributed by atoms with Gasteiger partial charge in [-0.05, 0) is 40.9 Å². The Bertz CT molecular complexity index is 693. The van der Waals surface area contributed by atoms with E-state index in [0.29, 0.717) is 5.75 Å². The van der Waals surface area contributed by atoms with Gasteiger partial charge in [0.05, 0.1) is 5.41 Å². The van der Waals surface area contributed by atoms with Gasteiger partial charge in [-0.1, -0.05) is 29.4 Å². The Morgan fingerprint density at radius 3 is 2.18 bits per heavy atom. The van der Waals surface area contributed by atoms with Gasteiger partial charge in [-0.2, -0.15) is 5.90 Å². The Kier molecular flexibility index (Phi) is 4.63.